The van der Waals surface area contributed by atoms with Crippen LogP contribution >= 0.6 is 139 Å². The maximum Gasteiger partial charge on any atom is 0.0809 e. The molecule has 0 radical (unpaired) electrons. The van der Waals surface area contributed by atoms with Crippen LogP contribution in [0.5, 0.6) is 0 Å². The highest BCUT2D eigenvalue weighted by molar-refractivity contribution is 14.1. The molecule has 0 aliphatic carbocycles. The Morgan fingerprint density at radius 2 is 0.690 bits per heavy atom. The molecule has 0 bridgehead atoms. The molecule has 0 atom stereocenters. The van der Waals surface area contributed by atoms with E-state index in [0.29, 0.717) is 25.8 Å². The van der Waals surface area contributed by atoms with Crippen molar-refractivity contribution in [3.63, 3.8) is 0 Å². The largest absolute Gasteiger partial charge is 0.263 e. The summed E-state index contributed by atoms with van der Waals surface area (Å²) in [6.07, 6.45) is 3.08. The summed E-state index contributed by atoms with van der Waals surface area (Å²) >= 11 is 64.7. The lowest BCUT2D eigenvalue weighted by Gasteiger charge is -2.17. The van der Waals surface area contributed by atoms with E-state index in [4.69, 9.17) is 116 Å². The van der Waals surface area contributed by atoms with E-state index in [1.165, 1.54) is 0 Å². The highest BCUT2D eigenvalue weighted by Gasteiger charge is 2.26. The molecule has 0 N–H and O–H groups in total. The maximum absolute atomic E-state index is 6.41. The van der Waals surface area contributed by atoms with E-state index in [1.807, 2.05) is 0 Å². The van der Waals surface area contributed by atoms with Crippen molar-refractivity contribution in [2.24, 2.45) is 0 Å². The molecule has 0 saturated heterocycles. The molecule has 2 aromatic carbocycles. The summed E-state index contributed by atoms with van der Waals surface area (Å²) in [5.41, 5.74) is 1.75. The van der Waals surface area contributed by atoms with Gasteiger partial charge in [-0.25, -0.2) is 0 Å². The second-order valence-corrected chi connectivity index (χ2v) is 10.3. The Morgan fingerprint density at radius 1 is 0.448 bits per heavy atom. The highest BCUT2D eigenvalue weighted by atomic mass is 127. The normalized spacial score (nSPS) is 11.3. The van der Waals surface area contributed by atoms with Crippen LogP contribution < -0.4 is 0 Å². The topological polar surface area (TPSA) is 12.9 Å². The minimum absolute atomic E-state index is 0.0496. The number of hydrogen-bond acceptors (Lipinski definition) is 1. The van der Waals surface area contributed by atoms with Crippen molar-refractivity contribution in [2.75, 3.05) is 0 Å². The predicted molar refractivity (Wildman–Crippen MR) is 138 cm³/mol. The van der Waals surface area contributed by atoms with Crippen molar-refractivity contribution in [1.82, 2.24) is 4.98 Å². The molecule has 3 rings (SSSR count). The second-order valence-electron chi connectivity index (χ2n) is 5.44. The van der Waals surface area contributed by atoms with Crippen LogP contribution in [0.15, 0.2) is 12.4 Å². The van der Waals surface area contributed by atoms with E-state index >= 15 is 0 Å². The summed E-state index contributed by atoms with van der Waals surface area (Å²) < 4.78 is 0.633. The summed E-state index contributed by atoms with van der Waals surface area (Å²) in [4.78, 5) is 4.25. The molecule has 0 aliphatic heterocycles. The zero-order chi connectivity index (χ0) is 21.8. The molecule has 1 nitrogen and oxygen atoms in total. The molecule has 0 amide bonds. The first kappa shape index (κ1) is 24.9. The van der Waals surface area contributed by atoms with Crippen LogP contribution in [0.25, 0.3) is 22.3 Å². The molecule has 12 heteroatoms. The molecule has 0 fully saturated rings. The predicted octanol–water partition coefficient (Wildman–Crippen LogP) is 11.6. The fourth-order valence-electron chi connectivity index (χ4n) is 2.48. The van der Waals surface area contributed by atoms with Gasteiger partial charge in [0.1, 0.15) is 0 Å². The monoisotopic (exact) mass is 697 g/mol. The summed E-state index contributed by atoms with van der Waals surface area (Å²) in [6.45, 7) is 0. The summed E-state index contributed by atoms with van der Waals surface area (Å²) in [6, 6.07) is 0. The van der Waals surface area contributed by atoms with E-state index < -0.39 is 0 Å². The molecule has 1 heterocycles. The van der Waals surface area contributed by atoms with Gasteiger partial charge in [-0.15, -0.1) is 0 Å². The van der Waals surface area contributed by atoms with Gasteiger partial charge in [-0.3, -0.25) is 4.98 Å². The maximum atomic E-state index is 6.41. The van der Waals surface area contributed by atoms with Crippen LogP contribution in [0.1, 0.15) is 0 Å². The summed E-state index contributed by atoms with van der Waals surface area (Å²) in [5, 5.41) is 0.821. The Hall–Kier alpha value is 1.22. The Morgan fingerprint density at radius 3 is 0.966 bits per heavy atom. The Kier molecular flexibility index (Phi) is 8.23. The zero-order valence-electron chi connectivity index (χ0n) is 13.3. The van der Waals surface area contributed by atoms with Gasteiger partial charge in [0.05, 0.1) is 50.2 Å². The number of aromatic nitrogens is 1. The van der Waals surface area contributed by atoms with Crippen molar-refractivity contribution in [2.45, 2.75) is 0 Å². The number of pyridine rings is 1. The SMILES string of the molecule is Clc1c(Cl)c(Cl)c(-c2cncc(-c3c(Cl)c(Cl)c(Cl)c(Cl)c3Cl)c2I)c(Cl)c1Cl. The van der Waals surface area contributed by atoms with Crippen LogP contribution in [0.3, 0.4) is 0 Å². The van der Waals surface area contributed by atoms with Gasteiger partial charge in [0.2, 0.25) is 0 Å². The van der Waals surface area contributed by atoms with Gasteiger partial charge in [0.25, 0.3) is 0 Å². The third-order valence-corrected chi connectivity index (χ3v) is 9.55. The van der Waals surface area contributed by atoms with E-state index in [2.05, 4.69) is 27.6 Å². The first-order chi connectivity index (χ1) is 13.5. The number of nitrogens with zero attached hydrogens (tertiary/aromatic N) is 1. The molecule has 0 unspecified atom stereocenters. The van der Waals surface area contributed by atoms with Crippen LogP contribution in [0.4, 0.5) is 0 Å². The zero-order valence-corrected chi connectivity index (χ0v) is 23.0. The fraction of sp³-hybridized carbons (Fsp3) is 0. The average Bonchev–Trinajstić information content (AvgIpc) is 2.70. The van der Waals surface area contributed by atoms with E-state index in [0.717, 1.165) is 0 Å². The third-order valence-electron chi connectivity index (χ3n) is 3.84. The molecule has 0 saturated carbocycles. The second kappa shape index (κ2) is 9.61. The van der Waals surface area contributed by atoms with Crippen molar-refractivity contribution >= 4 is 139 Å². The minimum atomic E-state index is 0.0496. The van der Waals surface area contributed by atoms with E-state index in [1.54, 1.807) is 12.4 Å². The minimum Gasteiger partial charge on any atom is -0.263 e. The van der Waals surface area contributed by atoms with Gasteiger partial charge in [-0.05, 0) is 22.6 Å². The molecule has 152 valence electrons. The number of rotatable bonds is 2. The van der Waals surface area contributed by atoms with Gasteiger partial charge in [-0.2, -0.15) is 0 Å². The lowest BCUT2D eigenvalue weighted by molar-refractivity contribution is 1.31. The van der Waals surface area contributed by atoms with E-state index in [-0.39, 0.29) is 50.2 Å². The van der Waals surface area contributed by atoms with Gasteiger partial charge in [0, 0.05) is 38.2 Å². The van der Waals surface area contributed by atoms with Crippen molar-refractivity contribution in [3.05, 3.63) is 66.2 Å². The van der Waals surface area contributed by atoms with Crippen LogP contribution in [0.2, 0.25) is 50.2 Å². The van der Waals surface area contributed by atoms with Crippen LogP contribution in [0, 0.1) is 3.57 Å². The Balaban J connectivity index is 2.40. The molecule has 29 heavy (non-hydrogen) atoms. The Bertz CT molecular complexity index is 1030. The lowest BCUT2D eigenvalue weighted by Crippen LogP contribution is -1.96. The van der Waals surface area contributed by atoms with Gasteiger partial charge >= 0.3 is 0 Å². The molecule has 3 aromatic rings. The highest BCUT2D eigenvalue weighted by Crippen LogP contribution is 2.52. The van der Waals surface area contributed by atoms with Crippen molar-refractivity contribution in [3.8, 4) is 22.3 Å². The quantitative estimate of drug-likeness (QED) is 0.147. The van der Waals surface area contributed by atoms with Crippen molar-refractivity contribution in [1.29, 1.82) is 0 Å². The Labute approximate surface area is 229 Å². The standard InChI is InChI=1S/C17H2Cl10IN/c18-7-5(8(19)12(23)15(26)11(7)22)3-1-29-2-4(17(3)28)6-9(20)13(24)16(27)14(25)10(6)21/h1-2H. The molecule has 0 aliphatic rings. The summed E-state index contributed by atoms with van der Waals surface area (Å²) in [7, 11) is 0. The molecular weight excluding hydrogens is 700 g/mol. The average molecular weight is 702 g/mol. The third kappa shape index (κ3) is 4.27. The van der Waals surface area contributed by atoms with Gasteiger partial charge in [0.15, 0.2) is 0 Å². The number of benzene rings is 2. The molecule has 0 spiro atoms. The molecule has 1 aromatic heterocycles. The number of halogens is 11. The fourth-order valence-corrected chi connectivity index (χ4v) is 5.98. The van der Waals surface area contributed by atoms with Crippen molar-refractivity contribution < 1.29 is 0 Å². The summed E-state index contributed by atoms with van der Waals surface area (Å²) in [5.74, 6) is 0. The first-order valence-electron chi connectivity index (χ1n) is 7.17. The van der Waals surface area contributed by atoms with Crippen LogP contribution in [-0.4, -0.2) is 4.98 Å². The van der Waals surface area contributed by atoms with Gasteiger partial charge < -0.3 is 0 Å². The first-order valence-corrected chi connectivity index (χ1v) is 12.0. The number of hydrogen-bond donors (Lipinski definition) is 0. The lowest BCUT2D eigenvalue weighted by atomic mass is 10.0. The smallest absolute Gasteiger partial charge is 0.0809 e. The van der Waals surface area contributed by atoms with E-state index in [9.17, 15) is 0 Å². The molecular formula is C17H2Cl10IN. The van der Waals surface area contributed by atoms with Gasteiger partial charge in [-0.1, -0.05) is 116 Å². The van der Waals surface area contributed by atoms with Crippen LogP contribution in [-0.2, 0) is 0 Å².